The Hall–Kier alpha value is -0.220. The van der Waals surface area contributed by atoms with Gasteiger partial charge in [0.25, 0.3) is 0 Å². The zero-order valence-electron chi connectivity index (χ0n) is 8.87. The van der Waals surface area contributed by atoms with E-state index in [2.05, 4.69) is 17.9 Å². The van der Waals surface area contributed by atoms with E-state index in [9.17, 15) is 4.79 Å². The number of likely N-dealkylation sites (N-methyl/N-ethyl adjacent to an activating group) is 2. The van der Waals surface area contributed by atoms with Crippen LogP contribution in [0.5, 0.6) is 0 Å². The van der Waals surface area contributed by atoms with Gasteiger partial charge in [-0.1, -0.05) is 13.8 Å². The molecule has 4 heteroatoms. The minimum atomic E-state index is -0.179. The molecule has 1 unspecified atom stereocenters. The fourth-order valence-electron chi connectivity index (χ4n) is 0.901. The molecule has 1 atom stereocenters. The summed E-state index contributed by atoms with van der Waals surface area (Å²) in [6.45, 7) is 5.56. The number of thiol groups is 1. The lowest BCUT2D eigenvalue weighted by atomic mass is 10.1. The van der Waals surface area contributed by atoms with Crippen LogP contribution in [0.1, 0.15) is 13.8 Å². The van der Waals surface area contributed by atoms with Crippen molar-refractivity contribution in [3.63, 3.8) is 0 Å². The van der Waals surface area contributed by atoms with Crippen LogP contribution in [0.3, 0.4) is 0 Å². The van der Waals surface area contributed by atoms with E-state index in [0.717, 1.165) is 13.1 Å². The van der Waals surface area contributed by atoms with Crippen molar-refractivity contribution in [1.82, 2.24) is 10.2 Å². The topological polar surface area (TPSA) is 32.3 Å². The normalized spacial score (nSPS) is 13.1. The van der Waals surface area contributed by atoms with Crippen LogP contribution >= 0.6 is 12.6 Å². The van der Waals surface area contributed by atoms with Gasteiger partial charge < -0.3 is 10.2 Å². The molecule has 3 nitrogen and oxygen atoms in total. The minimum Gasteiger partial charge on any atom is -0.344 e. The van der Waals surface area contributed by atoms with Crippen LogP contribution in [0.25, 0.3) is 0 Å². The Kier molecular flexibility index (Phi) is 6.16. The number of amides is 1. The maximum atomic E-state index is 11.6. The molecule has 0 aromatic carbocycles. The van der Waals surface area contributed by atoms with Crippen molar-refractivity contribution in [3.05, 3.63) is 0 Å². The SMILES string of the molecule is CNCCN(C)C(=O)C(S)C(C)C. The molecule has 78 valence electrons. The monoisotopic (exact) mass is 204 g/mol. The fourth-order valence-corrected chi connectivity index (χ4v) is 1.10. The molecule has 0 aromatic heterocycles. The Labute approximate surface area is 86.3 Å². The third-order valence-corrected chi connectivity index (χ3v) is 2.78. The summed E-state index contributed by atoms with van der Waals surface area (Å²) in [6, 6.07) is 0. The Morgan fingerprint density at radius 1 is 1.54 bits per heavy atom. The number of rotatable bonds is 5. The average molecular weight is 204 g/mol. The molecule has 0 aromatic rings. The summed E-state index contributed by atoms with van der Waals surface area (Å²) in [4.78, 5) is 13.3. The molecule has 0 bridgehead atoms. The predicted molar refractivity (Wildman–Crippen MR) is 59.2 cm³/mol. The van der Waals surface area contributed by atoms with Crippen LogP contribution in [0.2, 0.25) is 0 Å². The summed E-state index contributed by atoms with van der Waals surface area (Å²) < 4.78 is 0. The van der Waals surface area contributed by atoms with Crippen LogP contribution in [-0.2, 0) is 4.79 Å². The van der Waals surface area contributed by atoms with Crippen LogP contribution in [0.15, 0.2) is 0 Å². The van der Waals surface area contributed by atoms with Crippen LogP contribution < -0.4 is 5.32 Å². The van der Waals surface area contributed by atoms with Crippen LogP contribution in [0.4, 0.5) is 0 Å². The summed E-state index contributed by atoms with van der Waals surface area (Å²) >= 11 is 4.27. The van der Waals surface area contributed by atoms with E-state index < -0.39 is 0 Å². The summed E-state index contributed by atoms with van der Waals surface area (Å²) in [7, 11) is 3.68. The maximum absolute atomic E-state index is 11.6. The summed E-state index contributed by atoms with van der Waals surface area (Å²) in [6.07, 6.45) is 0. The molecular weight excluding hydrogens is 184 g/mol. The Morgan fingerprint density at radius 2 is 2.08 bits per heavy atom. The molecule has 0 rings (SSSR count). The first-order chi connectivity index (χ1) is 6.00. The van der Waals surface area contributed by atoms with Crippen molar-refractivity contribution in [2.75, 3.05) is 27.2 Å². The Bertz CT molecular complexity index is 162. The van der Waals surface area contributed by atoms with Crippen molar-refractivity contribution in [3.8, 4) is 0 Å². The second-order valence-corrected chi connectivity index (χ2v) is 4.11. The number of nitrogens with one attached hydrogen (secondary N) is 1. The molecule has 0 aliphatic rings. The molecule has 0 spiro atoms. The smallest absolute Gasteiger partial charge is 0.235 e. The molecule has 1 amide bonds. The Balaban J connectivity index is 3.94. The Morgan fingerprint density at radius 3 is 2.46 bits per heavy atom. The quantitative estimate of drug-likeness (QED) is 0.644. The maximum Gasteiger partial charge on any atom is 0.235 e. The second kappa shape index (κ2) is 6.27. The van der Waals surface area contributed by atoms with Crippen molar-refractivity contribution in [1.29, 1.82) is 0 Å². The highest BCUT2D eigenvalue weighted by molar-refractivity contribution is 7.81. The van der Waals surface area contributed by atoms with Crippen LogP contribution in [-0.4, -0.2) is 43.2 Å². The van der Waals surface area contributed by atoms with Crippen molar-refractivity contribution in [2.24, 2.45) is 5.92 Å². The average Bonchev–Trinajstić information content (AvgIpc) is 2.11. The van der Waals surface area contributed by atoms with E-state index in [1.165, 1.54) is 0 Å². The largest absolute Gasteiger partial charge is 0.344 e. The van der Waals surface area contributed by atoms with E-state index in [1.807, 2.05) is 27.9 Å². The minimum absolute atomic E-state index is 0.105. The van der Waals surface area contributed by atoms with Crippen molar-refractivity contribution < 1.29 is 4.79 Å². The van der Waals surface area contributed by atoms with E-state index in [4.69, 9.17) is 0 Å². The number of hydrogen-bond acceptors (Lipinski definition) is 3. The highest BCUT2D eigenvalue weighted by atomic mass is 32.1. The molecule has 0 radical (unpaired) electrons. The zero-order chi connectivity index (χ0) is 10.4. The molecule has 0 fully saturated rings. The molecule has 0 aliphatic carbocycles. The number of nitrogens with zero attached hydrogens (tertiary/aromatic N) is 1. The first kappa shape index (κ1) is 12.8. The first-order valence-corrected chi connectivity index (χ1v) is 5.10. The lowest BCUT2D eigenvalue weighted by Crippen LogP contribution is -2.39. The third kappa shape index (κ3) is 4.52. The van der Waals surface area contributed by atoms with E-state index >= 15 is 0 Å². The van der Waals surface area contributed by atoms with E-state index in [1.54, 1.807) is 4.90 Å². The number of carbonyl (C=O) groups excluding carboxylic acids is 1. The lowest BCUT2D eigenvalue weighted by molar-refractivity contribution is -0.129. The van der Waals surface area contributed by atoms with Gasteiger partial charge in [0.15, 0.2) is 0 Å². The van der Waals surface area contributed by atoms with Crippen LogP contribution in [0, 0.1) is 5.92 Å². The fraction of sp³-hybridized carbons (Fsp3) is 0.889. The third-order valence-electron chi connectivity index (χ3n) is 1.96. The van der Waals surface area contributed by atoms with E-state index in [-0.39, 0.29) is 17.1 Å². The molecule has 0 saturated heterocycles. The second-order valence-electron chi connectivity index (χ2n) is 3.55. The molecule has 0 heterocycles. The van der Waals surface area contributed by atoms with Gasteiger partial charge in [-0.25, -0.2) is 0 Å². The number of carbonyl (C=O) groups is 1. The van der Waals surface area contributed by atoms with E-state index in [0.29, 0.717) is 0 Å². The summed E-state index contributed by atoms with van der Waals surface area (Å²) in [5, 5.41) is 2.82. The standard InChI is InChI=1S/C9H20N2OS/c1-7(2)8(13)9(12)11(4)6-5-10-3/h7-8,10,13H,5-6H2,1-4H3. The zero-order valence-corrected chi connectivity index (χ0v) is 9.77. The lowest BCUT2D eigenvalue weighted by Gasteiger charge is -2.22. The van der Waals surface area contributed by atoms with Gasteiger partial charge in [-0.15, -0.1) is 0 Å². The predicted octanol–water partition coefficient (Wildman–Crippen LogP) is 0.619. The van der Waals surface area contributed by atoms with Gasteiger partial charge in [-0.2, -0.15) is 12.6 Å². The molecule has 0 aliphatic heterocycles. The molecule has 1 N–H and O–H groups in total. The highest BCUT2D eigenvalue weighted by Gasteiger charge is 2.20. The summed E-state index contributed by atoms with van der Waals surface area (Å²) in [5.41, 5.74) is 0. The molecule has 13 heavy (non-hydrogen) atoms. The van der Waals surface area contributed by atoms with Gasteiger partial charge in [0.05, 0.1) is 5.25 Å². The summed E-state index contributed by atoms with van der Waals surface area (Å²) in [5.74, 6) is 0.390. The van der Waals surface area contributed by atoms with Gasteiger partial charge >= 0.3 is 0 Å². The van der Waals surface area contributed by atoms with Crippen molar-refractivity contribution >= 4 is 18.5 Å². The van der Waals surface area contributed by atoms with Gasteiger partial charge in [0, 0.05) is 20.1 Å². The number of hydrogen-bond donors (Lipinski definition) is 2. The first-order valence-electron chi connectivity index (χ1n) is 4.58. The molecular formula is C9H20N2OS. The van der Waals surface area contributed by atoms with Gasteiger partial charge in [-0.05, 0) is 13.0 Å². The highest BCUT2D eigenvalue weighted by Crippen LogP contribution is 2.11. The van der Waals surface area contributed by atoms with Crippen molar-refractivity contribution in [2.45, 2.75) is 19.1 Å². The molecule has 0 saturated carbocycles. The van der Waals surface area contributed by atoms with Gasteiger partial charge in [0.2, 0.25) is 5.91 Å². The van der Waals surface area contributed by atoms with Gasteiger partial charge in [0.1, 0.15) is 0 Å². The van der Waals surface area contributed by atoms with Gasteiger partial charge in [-0.3, -0.25) is 4.79 Å².